The number of amides is 1. The Morgan fingerprint density at radius 3 is 3.05 bits per heavy atom. The molecule has 2 aliphatic heterocycles. The number of carbonyl (C=O) groups excluding carboxylic acids is 1. The lowest BCUT2D eigenvalue weighted by atomic mass is 9.73. The van der Waals surface area contributed by atoms with E-state index in [9.17, 15) is 9.90 Å². The average molecular weight is 290 g/mol. The van der Waals surface area contributed by atoms with Crippen LogP contribution in [-0.2, 0) is 22.7 Å². The van der Waals surface area contributed by atoms with Crippen molar-refractivity contribution in [1.29, 1.82) is 0 Å². The Bertz CT molecular complexity index is 520. The number of hydrogen-bond donors (Lipinski definition) is 3. The third-order valence-corrected chi connectivity index (χ3v) is 4.80. The van der Waals surface area contributed by atoms with E-state index in [1.165, 1.54) is 0 Å². The van der Waals surface area contributed by atoms with Crippen LogP contribution in [0.2, 0.25) is 0 Å². The predicted molar refractivity (Wildman–Crippen MR) is 78.4 cm³/mol. The molecule has 0 aromatic heterocycles. The molecule has 2 saturated heterocycles. The van der Waals surface area contributed by atoms with Gasteiger partial charge in [-0.15, -0.1) is 0 Å². The number of ether oxygens (including phenoxy) is 1. The summed E-state index contributed by atoms with van der Waals surface area (Å²) in [7, 11) is 0. The number of hydrogen-bond acceptors (Lipinski definition) is 4. The van der Waals surface area contributed by atoms with E-state index in [1.807, 2.05) is 24.3 Å². The molecule has 5 heteroatoms. The topological polar surface area (TPSA) is 70.6 Å². The van der Waals surface area contributed by atoms with E-state index in [1.54, 1.807) is 0 Å². The molecule has 0 aliphatic carbocycles. The van der Waals surface area contributed by atoms with Crippen molar-refractivity contribution < 1.29 is 14.6 Å². The van der Waals surface area contributed by atoms with Gasteiger partial charge in [-0.3, -0.25) is 4.79 Å². The van der Waals surface area contributed by atoms with E-state index in [-0.39, 0.29) is 23.8 Å². The molecule has 0 saturated carbocycles. The molecule has 3 N–H and O–H groups in total. The lowest BCUT2D eigenvalue weighted by Crippen LogP contribution is -2.50. The molecule has 0 bridgehead atoms. The van der Waals surface area contributed by atoms with Crippen molar-refractivity contribution in [3.8, 4) is 0 Å². The molecule has 0 spiro atoms. The van der Waals surface area contributed by atoms with Crippen LogP contribution in [0.25, 0.3) is 0 Å². The maximum Gasteiger partial charge on any atom is 0.228 e. The number of aliphatic hydroxyl groups excluding tert-OH is 1. The minimum absolute atomic E-state index is 0.00475. The number of carbonyl (C=O) groups is 1. The fourth-order valence-corrected chi connectivity index (χ4v) is 3.41. The van der Waals surface area contributed by atoms with E-state index < -0.39 is 0 Å². The minimum atomic E-state index is -0.327. The largest absolute Gasteiger partial charge is 0.392 e. The molecule has 2 heterocycles. The molecule has 1 aromatic carbocycles. The van der Waals surface area contributed by atoms with Crippen molar-refractivity contribution in [1.82, 2.24) is 10.6 Å². The van der Waals surface area contributed by atoms with E-state index in [2.05, 4.69) is 10.6 Å². The zero-order valence-electron chi connectivity index (χ0n) is 12.1. The van der Waals surface area contributed by atoms with E-state index in [0.717, 1.165) is 30.6 Å². The maximum atomic E-state index is 12.7. The van der Waals surface area contributed by atoms with Crippen LogP contribution in [0, 0.1) is 11.3 Å². The summed E-state index contributed by atoms with van der Waals surface area (Å²) < 4.78 is 5.50. The van der Waals surface area contributed by atoms with Gasteiger partial charge >= 0.3 is 0 Å². The minimum Gasteiger partial charge on any atom is -0.392 e. The smallest absolute Gasteiger partial charge is 0.228 e. The number of benzene rings is 1. The van der Waals surface area contributed by atoms with E-state index in [0.29, 0.717) is 19.8 Å². The zero-order chi connectivity index (χ0) is 14.7. The molecule has 1 aromatic rings. The lowest BCUT2D eigenvalue weighted by Gasteiger charge is -2.37. The molecular weight excluding hydrogens is 268 g/mol. The first-order chi connectivity index (χ1) is 10.3. The SMILES string of the molecule is O=C(NCc1ccccc1CO)[C@@]12CCOC[C@@H]1CNC2. The number of rotatable bonds is 4. The van der Waals surface area contributed by atoms with Crippen molar-refractivity contribution in [3.05, 3.63) is 35.4 Å². The van der Waals surface area contributed by atoms with Gasteiger partial charge in [-0.2, -0.15) is 0 Å². The highest BCUT2D eigenvalue weighted by atomic mass is 16.5. The highest BCUT2D eigenvalue weighted by molar-refractivity contribution is 5.84. The highest BCUT2D eigenvalue weighted by Crippen LogP contribution is 2.38. The summed E-state index contributed by atoms with van der Waals surface area (Å²) >= 11 is 0. The van der Waals surface area contributed by atoms with Crippen molar-refractivity contribution in [2.24, 2.45) is 11.3 Å². The van der Waals surface area contributed by atoms with Gasteiger partial charge in [0.2, 0.25) is 5.91 Å². The monoisotopic (exact) mass is 290 g/mol. The highest BCUT2D eigenvalue weighted by Gasteiger charge is 2.50. The van der Waals surface area contributed by atoms with Crippen molar-refractivity contribution in [2.75, 3.05) is 26.3 Å². The van der Waals surface area contributed by atoms with Crippen LogP contribution in [0.3, 0.4) is 0 Å². The third kappa shape index (κ3) is 2.69. The second-order valence-electron chi connectivity index (χ2n) is 5.92. The van der Waals surface area contributed by atoms with Crippen molar-refractivity contribution in [3.63, 3.8) is 0 Å². The molecule has 5 nitrogen and oxygen atoms in total. The molecule has 2 aliphatic rings. The molecule has 3 rings (SSSR count). The Labute approximate surface area is 124 Å². The van der Waals surface area contributed by atoms with Gasteiger partial charge in [0.25, 0.3) is 0 Å². The normalized spacial score (nSPS) is 28.1. The first-order valence-corrected chi connectivity index (χ1v) is 7.51. The van der Waals surface area contributed by atoms with Gasteiger partial charge in [0.05, 0.1) is 18.6 Å². The fourth-order valence-electron chi connectivity index (χ4n) is 3.41. The van der Waals surface area contributed by atoms with Crippen molar-refractivity contribution >= 4 is 5.91 Å². The van der Waals surface area contributed by atoms with E-state index in [4.69, 9.17) is 4.74 Å². The Morgan fingerprint density at radius 1 is 1.43 bits per heavy atom. The molecule has 0 radical (unpaired) electrons. The Morgan fingerprint density at radius 2 is 2.24 bits per heavy atom. The van der Waals surface area contributed by atoms with Gasteiger partial charge in [-0.25, -0.2) is 0 Å². The summed E-state index contributed by atoms with van der Waals surface area (Å²) in [4.78, 5) is 12.7. The zero-order valence-corrected chi connectivity index (χ0v) is 12.1. The van der Waals surface area contributed by atoms with E-state index >= 15 is 0 Å². The molecule has 1 amide bonds. The Kier molecular flexibility index (Phi) is 4.24. The van der Waals surface area contributed by atoms with Crippen LogP contribution in [0.4, 0.5) is 0 Å². The molecule has 114 valence electrons. The fraction of sp³-hybridized carbons (Fsp3) is 0.562. The summed E-state index contributed by atoms with van der Waals surface area (Å²) in [6, 6.07) is 7.64. The summed E-state index contributed by atoms with van der Waals surface area (Å²) in [5, 5.41) is 15.7. The van der Waals surface area contributed by atoms with Gasteiger partial charge in [0.15, 0.2) is 0 Å². The second kappa shape index (κ2) is 6.13. The number of nitrogens with one attached hydrogen (secondary N) is 2. The summed E-state index contributed by atoms with van der Waals surface area (Å²) in [5.74, 6) is 0.368. The third-order valence-electron chi connectivity index (χ3n) is 4.80. The van der Waals surface area contributed by atoms with Crippen LogP contribution >= 0.6 is 0 Å². The van der Waals surface area contributed by atoms with Gasteiger partial charge in [-0.05, 0) is 17.5 Å². The first kappa shape index (κ1) is 14.5. The average Bonchev–Trinajstić information content (AvgIpc) is 2.98. The molecule has 21 heavy (non-hydrogen) atoms. The lowest BCUT2D eigenvalue weighted by molar-refractivity contribution is -0.139. The van der Waals surface area contributed by atoms with Gasteiger partial charge < -0.3 is 20.5 Å². The molecular formula is C16H22N2O3. The first-order valence-electron chi connectivity index (χ1n) is 7.51. The van der Waals surface area contributed by atoms with Gasteiger partial charge in [0.1, 0.15) is 0 Å². The molecule has 2 fully saturated rings. The standard InChI is InChI=1S/C16H22N2O3/c19-9-13-4-2-1-3-12(13)7-18-15(20)16-5-6-21-10-14(16)8-17-11-16/h1-4,14,17,19H,5-11H2,(H,18,20)/t14-,16+/m0/s1. The Hall–Kier alpha value is -1.43. The van der Waals surface area contributed by atoms with Crippen molar-refractivity contribution in [2.45, 2.75) is 19.6 Å². The maximum absolute atomic E-state index is 12.7. The Balaban J connectivity index is 1.68. The molecule has 0 unspecified atom stereocenters. The van der Waals surface area contributed by atoms with Crippen LogP contribution in [0.15, 0.2) is 24.3 Å². The summed E-state index contributed by atoms with van der Waals surface area (Å²) in [5.41, 5.74) is 1.51. The predicted octanol–water partition coefficient (Wildman–Crippen LogP) is 0.421. The van der Waals surface area contributed by atoms with Crippen LogP contribution < -0.4 is 10.6 Å². The summed E-state index contributed by atoms with van der Waals surface area (Å²) in [6.07, 6.45) is 0.776. The second-order valence-corrected chi connectivity index (χ2v) is 5.92. The van der Waals surface area contributed by atoms with Crippen LogP contribution in [-0.4, -0.2) is 37.3 Å². The van der Waals surface area contributed by atoms with Gasteiger partial charge in [0, 0.05) is 32.2 Å². The number of fused-ring (bicyclic) bond motifs is 1. The number of aliphatic hydroxyl groups is 1. The quantitative estimate of drug-likeness (QED) is 0.752. The van der Waals surface area contributed by atoms with Crippen LogP contribution in [0.1, 0.15) is 17.5 Å². The summed E-state index contributed by atoms with van der Waals surface area (Å²) in [6.45, 7) is 3.35. The molecule has 2 atom stereocenters. The van der Waals surface area contributed by atoms with Gasteiger partial charge in [-0.1, -0.05) is 24.3 Å². The van der Waals surface area contributed by atoms with Crippen LogP contribution in [0.5, 0.6) is 0 Å².